The smallest absolute Gasteiger partial charge is 0.0628 e. The van der Waals surface area contributed by atoms with Gasteiger partial charge in [0, 0.05) is 7.11 Å². The molecule has 0 heterocycles. The average Bonchev–Trinajstić information content (AvgIpc) is 1.88. The van der Waals surface area contributed by atoms with E-state index in [0.717, 1.165) is 13.0 Å². The van der Waals surface area contributed by atoms with Crippen molar-refractivity contribution < 1.29 is 4.74 Å². The molecule has 1 rings (SSSR count). The molecule has 0 bridgehead atoms. The molecule has 10 heavy (non-hydrogen) atoms. The molecule has 0 spiro atoms. The topological polar surface area (TPSA) is 35.2 Å². The Morgan fingerprint density at radius 2 is 2.20 bits per heavy atom. The van der Waals surface area contributed by atoms with Crippen molar-refractivity contribution in [3.63, 3.8) is 0 Å². The Labute approximate surface area is 62.7 Å². The minimum absolute atomic E-state index is 0.309. The summed E-state index contributed by atoms with van der Waals surface area (Å²) in [7, 11) is 1.78. The maximum absolute atomic E-state index is 5.57. The van der Waals surface area contributed by atoms with Crippen molar-refractivity contribution in [1.29, 1.82) is 0 Å². The highest BCUT2D eigenvalue weighted by Crippen LogP contribution is 2.46. The van der Waals surface area contributed by atoms with E-state index in [9.17, 15) is 0 Å². The van der Waals surface area contributed by atoms with Crippen LogP contribution in [0.4, 0.5) is 0 Å². The molecule has 2 atom stereocenters. The number of rotatable bonds is 2. The largest absolute Gasteiger partial charge is 0.381 e. The van der Waals surface area contributed by atoms with Gasteiger partial charge in [0.15, 0.2) is 0 Å². The van der Waals surface area contributed by atoms with E-state index < -0.39 is 0 Å². The summed E-state index contributed by atoms with van der Waals surface area (Å²) in [4.78, 5) is 0. The highest BCUT2D eigenvalue weighted by atomic mass is 16.5. The number of hydrogen-bond donors (Lipinski definition) is 1. The van der Waals surface area contributed by atoms with Crippen molar-refractivity contribution in [1.82, 2.24) is 0 Å². The van der Waals surface area contributed by atoms with E-state index in [1.54, 1.807) is 7.11 Å². The van der Waals surface area contributed by atoms with Gasteiger partial charge in [-0.1, -0.05) is 13.8 Å². The van der Waals surface area contributed by atoms with E-state index in [1.165, 1.54) is 0 Å². The molecule has 0 aromatic heterocycles. The monoisotopic (exact) mass is 143 g/mol. The zero-order valence-electron chi connectivity index (χ0n) is 7.05. The van der Waals surface area contributed by atoms with Gasteiger partial charge in [0.2, 0.25) is 0 Å². The van der Waals surface area contributed by atoms with E-state index in [1.807, 2.05) is 0 Å². The van der Waals surface area contributed by atoms with Gasteiger partial charge in [-0.25, -0.2) is 0 Å². The zero-order valence-corrected chi connectivity index (χ0v) is 7.05. The van der Waals surface area contributed by atoms with Crippen LogP contribution in [0.2, 0.25) is 0 Å². The van der Waals surface area contributed by atoms with Crippen LogP contribution in [0.15, 0.2) is 0 Å². The number of methoxy groups -OCH3 is 1. The molecule has 1 fully saturated rings. The second-order valence-corrected chi connectivity index (χ2v) is 3.71. The maximum Gasteiger partial charge on any atom is 0.0628 e. The van der Waals surface area contributed by atoms with Gasteiger partial charge >= 0.3 is 0 Å². The first-order valence-corrected chi connectivity index (χ1v) is 3.85. The van der Waals surface area contributed by atoms with E-state index in [4.69, 9.17) is 10.5 Å². The summed E-state index contributed by atoms with van der Waals surface area (Å²) in [5, 5.41) is 0. The lowest BCUT2D eigenvalue weighted by Crippen LogP contribution is -2.52. The van der Waals surface area contributed by atoms with Gasteiger partial charge in [-0.3, -0.25) is 0 Å². The summed E-state index contributed by atoms with van der Waals surface area (Å²) in [6, 6.07) is 0. The van der Waals surface area contributed by atoms with Crippen LogP contribution in [0, 0.1) is 11.3 Å². The molecule has 2 N–H and O–H groups in total. The van der Waals surface area contributed by atoms with Crippen LogP contribution in [-0.2, 0) is 4.74 Å². The SMILES string of the molecule is COC1CC(CN)C1(C)C. The van der Waals surface area contributed by atoms with Gasteiger partial charge in [-0.05, 0) is 24.3 Å². The lowest BCUT2D eigenvalue weighted by molar-refractivity contribution is -0.116. The summed E-state index contributed by atoms with van der Waals surface area (Å²) >= 11 is 0. The van der Waals surface area contributed by atoms with Crippen LogP contribution < -0.4 is 5.73 Å². The fourth-order valence-corrected chi connectivity index (χ4v) is 1.77. The number of nitrogens with two attached hydrogens (primary N) is 1. The Kier molecular flexibility index (Phi) is 2.02. The minimum Gasteiger partial charge on any atom is -0.381 e. The molecule has 0 radical (unpaired) electrons. The molecule has 0 aromatic carbocycles. The van der Waals surface area contributed by atoms with Crippen molar-refractivity contribution >= 4 is 0 Å². The number of ether oxygens (including phenoxy) is 1. The van der Waals surface area contributed by atoms with Crippen molar-refractivity contribution in [2.75, 3.05) is 13.7 Å². The zero-order chi connectivity index (χ0) is 7.78. The van der Waals surface area contributed by atoms with Gasteiger partial charge in [-0.2, -0.15) is 0 Å². The molecular weight excluding hydrogens is 126 g/mol. The first-order chi connectivity index (χ1) is 4.62. The van der Waals surface area contributed by atoms with Crippen molar-refractivity contribution in [2.45, 2.75) is 26.4 Å². The lowest BCUT2D eigenvalue weighted by Gasteiger charge is -2.50. The van der Waals surface area contributed by atoms with Gasteiger partial charge in [0.25, 0.3) is 0 Å². The first kappa shape index (κ1) is 8.02. The molecule has 60 valence electrons. The summed E-state index contributed by atoms with van der Waals surface area (Å²) in [6.45, 7) is 5.25. The molecule has 0 aromatic rings. The van der Waals surface area contributed by atoms with Gasteiger partial charge < -0.3 is 10.5 Å². The summed E-state index contributed by atoms with van der Waals surface area (Å²) < 4.78 is 5.28. The molecule has 1 aliphatic rings. The fourth-order valence-electron chi connectivity index (χ4n) is 1.77. The maximum atomic E-state index is 5.57. The molecule has 0 saturated heterocycles. The van der Waals surface area contributed by atoms with Crippen molar-refractivity contribution in [2.24, 2.45) is 17.1 Å². The standard InChI is InChI=1S/C8H17NO/c1-8(2)6(5-9)4-7(8)10-3/h6-7H,4-5,9H2,1-3H3. The van der Waals surface area contributed by atoms with E-state index in [2.05, 4.69) is 13.8 Å². The van der Waals surface area contributed by atoms with Gasteiger partial charge in [-0.15, -0.1) is 0 Å². The highest BCUT2D eigenvalue weighted by molar-refractivity contribution is 4.97. The third kappa shape index (κ3) is 0.956. The molecule has 2 unspecified atom stereocenters. The normalized spacial score (nSPS) is 37.2. The highest BCUT2D eigenvalue weighted by Gasteiger charge is 2.47. The van der Waals surface area contributed by atoms with Crippen LogP contribution >= 0.6 is 0 Å². The molecule has 2 nitrogen and oxygen atoms in total. The number of hydrogen-bond acceptors (Lipinski definition) is 2. The Bertz CT molecular complexity index is 110. The second-order valence-electron chi connectivity index (χ2n) is 3.71. The van der Waals surface area contributed by atoms with Crippen LogP contribution in [-0.4, -0.2) is 19.8 Å². The summed E-state index contributed by atoms with van der Waals surface area (Å²) in [5.41, 5.74) is 5.88. The van der Waals surface area contributed by atoms with E-state index in [-0.39, 0.29) is 0 Å². The molecule has 0 amide bonds. The van der Waals surface area contributed by atoms with E-state index in [0.29, 0.717) is 17.4 Å². The molecule has 2 heteroatoms. The molecular formula is C8H17NO. The third-order valence-electron chi connectivity index (χ3n) is 2.95. The third-order valence-corrected chi connectivity index (χ3v) is 2.95. The first-order valence-electron chi connectivity index (χ1n) is 3.85. The summed E-state index contributed by atoms with van der Waals surface area (Å²) in [6.07, 6.45) is 1.57. The van der Waals surface area contributed by atoms with Crippen molar-refractivity contribution in [3.05, 3.63) is 0 Å². The Morgan fingerprint density at radius 3 is 2.50 bits per heavy atom. The van der Waals surface area contributed by atoms with Gasteiger partial charge in [0.05, 0.1) is 6.10 Å². The minimum atomic E-state index is 0.309. The van der Waals surface area contributed by atoms with Crippen LogP contribution in [0.5, 0.6) is 0 Å². The summed E-state index contributed by atoms with van der Waals surface area (Å²) in [5.74, 6) is 0.664. The Hall–Kier alpha value is -0.0800. The van der Waals surface area contributed by atoms with E-state index >= 15 is 0 Å². The Morgan fingerprint density at radius 1 is 1.60 bits per heavy atom. The van der Waals surface area contributed by atoms with Crippen molar-refractivity contribution in [3.8, 4) is 0 Å². The predicted octanol–water partition coefficient (Wildman–Crippen LogP) is 1.01. The van der Waals surface area contributed by atoms with Crippen LogP contribution in [0.1, 0.15) is 20.3 Å². The van der Waals surface area contributed by atoms with Gasteiger partial charge in [0.1, 0.15) is 0 Å². The molecule has 0 aliphatic heterocycles. The quantitative estimate of drug-likeness (QED) is 0.626. The van der Waals surface area contributed by atoms with Crippen LogP contribution in [0.25, 0.3) is 0 Å². The molecule has 1 aliphatic carbocycles. The Balaban J connectivity index is 2.47. The second kappa shape index (κ2) is 2.51. The average molecular weight is 143 g/mol. The molecule has 1 saturated carbocycles. The lowest BCUT2D eigenvalue weighted by atomic mass is 9.60. The predicted molar refractivity (Wildman–Crippen MR) is 41.7 cm³/mol. The van der Waals surface area contributed by atoms with Crippen LogP contribution in [0.3, 0.4) is 0 Å². The fraction of sp³-hybridized carbons (Fsp3) is 1.00.